The van der Waals surface area contributed by atoms with Crippen LogP contribution in [0.3, 0.4) is 0 Å². The number of rotatable bonds is 7. The van der Waals surface area contributed by atoms with E-state index in [0.29, 0.717) is 60.7 Å². The molecule has 2 aromatic rings. The van der Waals surface area contributed by atoms with Crippen LogP contribution in [0.1, 0.15) is 10.4 Å². The van der Waals surface area contributed by atoms with Gasteiger partial charge >= 0.3 is 0 Å². The van der Waals surface area contributed by atoms with E-state index >= 15 is 0 Å². The predicted molar refractivity (Wildman–Crippen MR) is 95.8 cm³/mol. The summed E-state index contributed by atoms with van der Waals surface area (Å²) in [5, 5.41) is 2.85. The highest BCUT2D eigenvalue weighted by Crippen LogP contribution is 2.35. The Labute approximate surface area is 151 Å². The number of benzene rings is 2. The maximum Gasteiger partial charge on any atom is 0.259 e. The molecule has 7 nitrogen and oxygen atoms in total. The highest BCUT2D eigenvalue weighted by Gasteiger charge is 2.20. The molecule has 0 aliphatic carbocycles. The van der Waals surface area contributed by atoms with Gasteiger partial charge < -0.3 is 29.0 Å². The van der Waals surface area contributed by atoms with Crippen molar-refractivity contribution in [3.05, 3.63) is 42.0 Å². The number of hydrogen-bond donors (Lipinski definition) is 1. The minimum Gasteiger partial charge on any atom is -0.493 e. The molecule has 2 aromatic carbocycles. The van der Waals surface area contributed by atoms with Gasteiger partial charge in [-0.2, -0.15) is 0 Å². The van der Waals surface area contributed by atoms with E-state index in [2.05, 4.69) is 5.32 Å². The smallest absolute Gasteiger partial charge is 0.259 e. The van der Waals surface area contributed by atoms with Crippen LogP contribution in [-0.4, -0.2) is 46.6 Å². The van der Waals surface area contributed by atoms with Gasteiger partial charge in [0.05, 0.1) is 19.3 Å². The lowest BCUT2D eigenvalue weighted by Gasteiger charge is -2.20. The average molecular weight is 359 g/mol. The second-order valence-corrected chi connectivity index (χ2v) is 5.49. The van der Waals surface area contributed by atoms with Crippen molar-refractivity contribution in [2.24, 2.45) is 0 Å². The number of nitrogens with one attached hydrogen (secondary N) is 1. The van der Waals surface area contributed by atoms with Gasteiger partial charge in [-0.3, -0.25) is 4.79 Å². The molecule has 0 spiro atoms. The first-order chi connectivity index (χ1) is 12.7. The molecule has 7 heteroatoms. The Morgan fingerprint density at radius 2 is 1.92 bits per heavy atom. The summed E-state index contributed by atoms with van der Waals surface area (Å²) in [7, 11) is 3.16. The zero-order chi connectivity index (χ0) is 18.4. The zero-order valence-electron chi connectivity index (χ0n) is 14.7. The van der Waals surface area contributed by atoms with Crippen LogP contribution >= 0.6 is 0 Å². The van der Waals surface area contributed by atoms with Crippen molar-refractivity contribution in [3.8, 4) is 23.0 Å². The van der Waals surface area contributed by atoms with Crippen molar-refractivity contribution in [2.45, 2.75) is 0 Å². The first-order valence-corrected chi connectivity index (χ1v) is 8.22. The van der Waals surface area contributed by atoms with Crippen molar-refractivity contribution in [1.29, 1.82) is 0 Å². The Bertz CT molecular complexity index is 777. The molecule has 138 valence electrons. The van der Waals surface area contributed by atoms with Gasteiger partial charge in [0, 0.05) is 18.9 Å². The normalized spacial score (nSPS) is 12.4. The highest BCUT2D eigenvalue weighted by atomic mass is 16.6. The van der Waals surface area contributed by atoms with Crippen molar-refractivity contribution >= 4 is 11.6 Å². The van der Waals surface area contributed by atoms with E-state index in [1.165, 1.54) is 0 Å². The number of carbonyl (C=O) groups excluding carboxylic acids is 1. The van der Waals surface area contributed by atoms with Gasteiger partial charge in [-0.15, -0.1) is 0 Å². The number of carbonyl (C=O) groups is 1. The molecule has 0 saturated carbocycles. The maximum absolute atomic E-state index is 12.7. The van der Waals surface area contributed by atoms with Gasteiger partial charge in [0.2, 0.25) is 0 Å². The number of hydrogen-bond acceptors (Lipinski definition) is 6. The fourth-order valence-electron chi connectivity index (χ4n) is 2.55. The highest BCUT2D eigenvalue weighted by molar-refractivity contribution is 6.06. The molecule has 0 radical (unpaired) electrons. The van der Waals surface area contributed by atoms with E-state index in [1.807, 2.05) is 0 Å². The molecule has 1 aliphatic rings. The Kier molecular flexibility index (Phi) is 5.80. The average Bonchev–Trinajstić information content (AvgIpc) is 2.68. The fourth-order valence-corrected chi connectivity index (χ4v) is 2.55. The molecule has 0 aromatic heterocycles. The van der Waals surface area contributed by atoms with Crippen LogP contribution in [0.5, 0.6) is 23.0 Å². The van der Waals surface area contributed by atoms with Crippen molar-refractivity contribution in [1.82, 2.24) is 0 Å². The molecular formula is C19H21NO6. The van der Waals surface area contributed by atoms with E-state index in [4.69, 9.17) is 23.7 Å². The van der Waals surface area contributed by atoms with E-state index < -0.39 is 0 Å². The Balaban J connectivity index is 1.78. The van der Waals surface area contributed by atoms with E-state index in [-0.39, 0.29) is 5.91 Å². The third-order valence-electron chi connectivity index (χ3n) is 3.78. The molecule has 0 atom stereocenters. The van der Waals surface area contributed by atoms with Crippen LogP contribution in [0, 0.1) is 0 Å². The number of amides is 1. The van der Waals surface area contributed by atoms with E-state index in [1.54, 1.807) is 50.6 Å². The maximum atomic E-state index is 12.7. The third kappa shape index (κ3) is 4.00. The summed E-state index contributed by atoms with van der Waals surface area (Å²) in [6.45, 7) is 1.71. The van der Waals surface area contributed by atoms with Crippen LogP contribution < -0.4 is 24.3 Å². The third-order valence-corrected chi connectivity index (χ3v) is 3.78. The Morgan fingerprint density at radius 1 is 1.08 bits per heavy atom. The summed E-state index contributed by atoms with van der Waals surface area (Å²) >= 11 is 0. The molecule has 26 heavy (non-hydrogen) atoms. The van der Waals surface area contributed by atoms with Crippen LogP contribution in [0.15, 0.2) is 36.4 Å². The topological polar surface area (TPSA) is 75.3 Å². The van der Waals surface area contributed by atoms with E-state index in [0.717, 1.165) is 0 Å². The molecule has 0 bridgehead atoms. The van der Waals surface area contributed by atoms with E-state index in [9.17, 15) is 4.79 Å². The lowest BCUT2D eigenvalue weighted by atomic mass is 10.1. The monoisotopic (exact) mass is 359 g/mol. The van der Waals surface area contributed by atoms with Crippen molar-refractivity contribution < 1.29 is 28.5 Å². The number of fused-ring (bicyclic) bond motifs is 1. The van der Waals surface area contributed by atoms with Crippen molar-refractivity contribution in [2.75, 3.05) is 46.0 Å². The lowest BCUT2D eigenvalue weighted by molar-refractivity contribution is 0.101. The molecule has 0 fully saturated rings. The number of ether oxygens (including phenoxy) is 5. The Hall–Kier alpha value is -2.93. The largest absolute Gasteiger partial charge is 0.493 e. The summed E-state index contributed by atoms with van der Waals surface area (Å²) < 4.78 is 27.0. The molecule has 3 rings (SSSR count). The first-order valence-electron chi connectivity index (χ1n) is 8.22. The van der Waals surface area contributed by atoms with Gasteiger partial charge in [0.15, 0.2) is 23.0 Å². The van der Waals surface area contributed by atoms with Crippen LogP contribution in [-0.2, 0) is 4.74 Å². The second kappa shape index (κ2) is 8.44. The summed E-state index contributed by atoms with van der Waals surface area (Å²) in [6, 6.07) is 10.4. The summed E-state index contributed by atoms with van der Waals surface area (Å²) in [6.07, 6.45) is 0. The number of anilines is 1. The molecule has 0 saturated heterocycles. The quantitative estimate of drug-likeness (QED) is 0.766. The predicted octanol–water partition coefficient (Wildman–Crippen LogP) is 2.74. The molecule has 1 aliphatic heterocycles. The number of para-hydroxylation sites is 1. The fraction of sp³-hybridized carbons (Fsp3) is 0.316. The molecule has 0 unspecified atom stereocenters. The zero-order valence-corrected chi connectivity index (χ0v) is 14.7. The standard InChI is InChI=1S/C19H21NO6/c1-22-8-9-25-17-12-13(6-7-15(17)23-2)20-19(21)14-4-3-5-16-18(14)26-11-10-24-16/h3-7,12H,8-11H2,1-2H3,(H,20,21). The lowest BCUT2D eigenvalue weighted by Crippen LogP contribution is -2.20. The summed E-state index contributed by atoms with van der Waals surface area (Å²) in [4.78, 5) is 12.7. The van der Waals surface area contributed by atoms with Gasteiger partial charge in [-0.05, 0) is 24.3 Å². The summed E-state index contributed by atoms with van der Waals surface area (Å²) in [5.41, 5.74) is 0.998. The SMILES string of the molecule is COCCOc1cc(NC(=O)c2cccc3c2OCCO3)ccc1OC. The molecule has 1 heterocycles. The van der Waals surface area contributed by atoms with Crippen molar-refractivity contribution in [3.63, 3.8) is 0 Å². The minimum atomic E-state index is -0.291. The Morgan fingerprint density at radius 3 is 2.73 bits per heavy atom. The van der Waals surface area contributed by atoms with Crippen LogP contribution in [0.25, 0.3) is 0 Å². The van der Waals surface area contributed by atoms with Gasteiger partial charge in [-0.25, -0.2) is 0 Å². The molecule has 1 amide bonds. The molecular weight excluding hydrogens is 338 g/mol. The first kappa shape index (κ1) is 17.9. The molecule has 1 N–H and O–H groups in total. The van der Waals surface area contributed by atoms with Gasteiger partial charge in [0.25, 0.3) is 5.91 Å². The number of methoxy groups -OCH3 is 2. The van der Waals surface area contributed by atoms with Gasteiger partial charge in [-0.1, -0.05) is 6.07 Å². The second-order valence-electron chi connectivity index (χ2n) is 5.49. The summed E-state index contributed by atoms with van der Waals surface area (Å²) in [5.74, 6) is 1.84. The van der Waals surface area contributed by atoms with Gasteiger partial charge in [0.1, 0.15) is 19.8 Å². The minimum absolute atomic E-state index is 0.291. The van der Waals surface area contributed by atoms with Crippen LogP contribution in [0.4, 0.5) is 5.69 Å². The van der Waals surface area contributed by atoms with Crippen LogP contribution in [0.2, 0.25) is 0 Å².